The van der Waals surface area contributed by atoms with Crippen molar-refractivity contribution in [1.82, 2.24) is 0 Å². The Balaban J connectivity index is 2.07. The molecule has 0 spiro atoms. The lowest BCUT2D eigenvalue weighted by Crippen LogP contribution is -2.13. The van der Waals surface area contributed by atoms with Crippen molar-refractivity contribution in [3.05, 3.63) is 54.1 Å². The third-order valence-corrected chi connectivity index (χ3v) is 3.71. The Bertz CT molecular complexity index is 687. The Hall–Kier alpha value is -2.62. The molecule has 0 aliphatic rings. The summed E-state index contributed by atoms with van der Waals surface area (Å²) in [5.41, 5.74) is 2.49. The third-order valence-electron chi connectivity index (χ3n) is 3.71. The second kappa shape index (κ2) is 8.29. The Labute approximate surface area is 142 Å². The van der Waals surface area contributed by atoms with Gasteiger partial charge in [0.1, 0.15) is 5.75 Å². The maximum atomic E-state index is 12.0. The van der Waals surface area contributed by atoms with Crippen LogP contribution in [0.15, 0.2) is 48.5 Å². The molecule has 0 aromatic heterocycles. The summed E-state index contributed by atoms with van der Waals surface area (Å²) in [5, 5.41) is 0. The standard InChI is InChI=1S/C20H22O4/c1-4-14(3)23-20(22)17-8-6-15(7-9-17)16-10-12-18(13-11-16)24-19(21)5-2/h6-14H,4-5H2,1-3H3. The topological polar surface area (TPSA) is 52.6 Å². The van der Waals surface area contributed by atoms with Gasteiger partial charge in [-0.15, -0.1) is 0 Å². The molecule has 4 heteroatoms. The van der Waals surface area contributed by atoms with Gasteiger partial charge in [0, 0.05) is 6.42 Å². The first kappa shape index (κ1) is 17.7. The number of ether oxygens (including phenoxy) is 2. The van der Waals surface area contributed by atoms with E-state index in [2.05, 4.69) is 0 Å². The third kappa shape index (κ3) is 4.69. The number of esters is 2. The molecule has 2 aromatic carbocycles. The summed E-state index contributed by atoms with van der Waals surface area (Å²) in [6, 6.07) is 14.5. The largest absolute Gasteiger partial charge is 0.459 e. The smallest absolute Gasteiger partial charge is 0.338 e. The van der Waals surface area contributed by atoms with Crippen molar-refractivity contribution in [1.29, 1.82) is 0 Å². The lowest BCUT2D eigenvalue weighted by Gasteiger charge is -2.11. The van der Waals surface area contributed by atoms with Crippen molar-refractivity contribution >= 4 is 11.9 Å². The van der Waals surface area contributed by atoms with Crippen LogP contribution in [0, 0.1) is 0 Å². The molecule has 0 saturated heterocycles. The van der Waals surface area contributed by atoms with Crippen LogP contribution in [0.1, 0.15) is 44.0 Å². The van der Waals surface area contributed by atoms with Crippen LogP contribution in [-0.4, -0.2) is 18.0 Å². The molecular weight excluding hydrogens is 304 g/mol. The first-order valence-electron chi connectivity index (χ1n) is 8.15. The van der Waals surface area contributed by atoms with Crippen LogP contribution in [0.4, 0.5) is 0 Å². The highest BCUT2D eigenvalue weighted by molar-refractivity contribution is 5.90. The van der Waals surface area contributed by atoms with E-state index < -0.39 is 0 Å². The van der Waals surface area contributed by atoms with Crippen molar-refractivity contribution in [2.24, 2.45) is 0 Å². The molecule has 126 valence electrons. The predicted octanol–water partition coefficient (Wildman–Crippen LogP) is 4.62. The zero-order valence-electron chi connectivity index (χ0n) is 14.2. The first-order chi connectivity index (χ1) is 11.5. The highest BCUT2D eigenvalue weighted by Crippen LogP contribution is 2.23. The summed E-state index contributed by atoms with van der Waals surface area (Å²) in [6.45, 7) is 5.60. The maximum absolute atomic E-state index is 12.0. The molecule has 2 aromatic rings. The Morgan fingerprint density at radius 1 is 0.917 bits per heavy atom. The monoisotopic (exact) mass is 326 g/mol. The zero-order chi connectivity index (χ0) is 17.5. The van der Waals surface area contributed by atoms with E-state index >= 15 is 0 Å². The molecule has 4 nitrogen and oxygen atoms in total. The van der Waals surface area contributed by atoms with E-state index in [1.54, 1.807) is 31.2 Å². The first-order valence-corrected chi connectivity index (χ1v) is 8.15. The van der Waals surface area contributed by atoms with Crippen molar-refractivity contribution in [3.8, 4) is 16.9 Å². The van der Waals surface area contributed by atoms with Crippen LogP contribution in [0.5, 0.6) is 5.75 Å². The van der Waals surface area contributed by atoms with Gasteiger partial charge in [-0.1, -0.05) is 38.1 Å². The van der Waals surface area contributed by atoms with E-state index in [9.17, 15) is 9.59 Å². The summed E-state index contributed by atoms with van der Waals surface area (Å²) < 4.78 is 10.5. The molecule has 0 radical (unpaired) electrons. The molecule has 1 atom stereocenters. The van der Waals surface area contributed by atoms with Crippen molar-refractivity contribution < 1.29 is 19.1 Å². The average Bonchev–Trinajstić information content (AvgIpc) is 2.62. The molecule has 0 fully saturated rings. The number of hydrogen-bond donors (Lipinski definition) is 0. The minimum Gasteiger partial charge on any atom is -0.459 e. The average molecular weight is 326 g/mol. The van der Waals surface area contributed by atoms with E-state index in [0.29, 0.717) is 17.7 Å². The zero-order valence-corrected chi connectivity index (χ0v) is 14.2. The molecule has 0 heterocycles. The van der Waals surface area contributed by atoms with E-state index in [1.807, 2.05) is 38.1 Å². The van der Waals surface area contributed by atoms with Crippen LogP contribution in [0.3, 0.4) is 0 Å². The lowest BCUT2D eigenvalue weighted by molar-refractivity contribution is -0.134. The number of benzene rings is 2. The summed E-state index contributed by atoms with van der Waals surface area (Å²) in [5.74, 6) is -0.0380. The lowest BCUT2D eigenvalue weighted by atomic mass is 10.0. The van der Waals surface area contributed by atoms with Gasteiger partial charge in [0.15, 0.2) is 0 Å². The van der Waals surface area contributed by atoms with Gasteiger partial charge in [0.25, 0.3) is 0 Å². The normalized spacial score (nSPS) is 11.6. The summed E-state index contributed by atoms with van der Waals surface area (Å²) in [4.78, 5) is 23.2. The molecule has 0 bridgehead atoms. The van der Waals surface area contributed by atoms with Gasteiger partial charge >= 0.3 is 11.9 Å². The molecular formula is C20H22O4. The second-order valence-corrected chi connectivity index (χ2v) is 5.55. The van der Waals surface area contributed by atoms with Gasteiger partial charge in [-0.3, -0.25) is 4.79 Å². The van der Waals surface area contributed by atoms with Crippen molar-refractivity contribution in [3.63, 3.8) is 0 Å². The minimum absolute atomic E-state index is 0.0875. The van der Waals surface area contributed by atoms with Gasteiger partial charge in [-0.25, -0.2) is 4.79 Å². The molecule has 0 amide bonds. The second-order valence-electron chi connectivity index (χ2n) is 5.55. The number of carbonyl (C=O) groups is 2. The number of hydrogen-bond acceptors (Lipinski definition) is 4. The highest BCUT2D eigenvalue weighted by Gasteiger charge is 2.11. The van der Waals surface area contributed by atoms with E-state index in [1.165, 1.54) is 0 Å². The van der Waals surface area contributed by atoms with E-state index in [0.717, 1.165) is 17.5 Å². The number of carbonyl (C=O) groups excluding carboxylic acids is 2. The van der Waals surface area contributed by atoms with Crippen molar-refractivity contribution in [2.45, 2.75) is 39.7 Å². The van der Waals surface area contributed by atoms with E-state index in [-0.39, 0.29) is 18.0 Å². The molecule has 0 aliphatic heterocycles. The molecule has 0 N–H and O–H groups in total. The summed E-state index contributed by atoms with van der Waals surface area (Å²) in [6.07, 6.45) is 1.05. The fourth-order valence-corrected chi connectivity index (χ4v) is 2.05. The summed E-state index contributed by atoms with van der Waals surface area (Å²) >= 11 is 0. The number of rotatable bonds is 6. The van der Waals surface area contributed by atoms with Crippen LogP contribution in [0.2, 0.25) is 0 Å². The van der Waals surface area contributed by atoms with Crippen LogP contribution in [-0.2, 0) is 9.53 Å². The SMILES string of the molecule is CCC(=O)Oc1ccc(-c2ccc(C(=O)OC(C)CC)cc2)cc1. The molecule has 24 heavy (non-hydrogen) atoms. The Kier molecular flexibility index (Phi) is 6.13. The van der Waals surface area contributed by atoms with Crippen LogP contribution in [0.25, 0.3) is 11.1 Å². The predicted molar refractivity (Wildman–Crippen MR) is 93.0 cm³/mol. The molecule has 1 unspecified atom stereocenters. The maximum Gasteiger partial charge on any atom is 0.338 e. The molecule has 0 saturated carbocycles. The van der Waals surface area contributed by atoms with Gasteiger partial charge in [0.2, 0.25) is 0 Å². The van der Waals surface area contributed by atoms with Crippen molar-refractivity contribution in [2.75, 3.05) is 0 Å². The van der Waals surface area contributed by atoms with Gasteiger partial charge < -0.3 is 9.47 Å². The quantitative estimate of drug-likeness (QED) is 0.574. The van der Waals surface area contributed by atoms with Gasteiger partial charge in [-0.2, -0.15) is 0 Å². The Morgan fingerprint density at radius 2 is 1.46 bits per heavy atom. The van der Waals surface area contributed by atoms with Crippen LogP contribution >= 0.6 is 0 Å². The minimum atomic E-state index is -0.308. The van der Waals surface area contributed by atoms with Gasteiger partial charge in [-0.05, 0) is 48.7 Å². The summed E-state index contributed by atoms with van der Waals surface area (Å²) in [7, 11) is 0. The Morgan fingerprint density at radius 3 is 1.96 bits per heavy atom. The van der Waals surface area contributed by atoms with E-state index in [4.69, 9.17) is 9.47 Å². The highest BCUT2D eigenvalue weighted by atomic mass is 16.5. The molecule has 0 aliphatic carbocycles. The van der Waals surface area contributed by atoms with Crippen LogP contribution < -0.4 is 4.74 Å². The fraction of sp³-hybridized carbons (Fsp3) is 0.300. The fourth-order valence-electron chi connectivity index (χ4n) is 2.05. The molecule has 2 rings (SSSR count). The van der Waals surface area contributed by atoms with Gasteiger partial charge in [0.05, 0.1) is 11.7 Å².